The van der Waals surface area contributed by atoms with Gasteiger partial charge in [-0.05, 0) is 64.8 Å². The SMILES string of the molecule is Cc1cc(C)c(OCCCNC(C)(C)C)c(Cl)c1. The van der Waals surface area contributed by atoms with E-state index in [1.807, 2.05) is 19.9 Å². The lowest BCUT2D eigenvalue weighted by molar-refractivity contribution is 0.296. The quantitative estimate of drug-likeness (QED) is 0.812. The van der Waals surface area contributed by atoms with E-state index in [4.69, 9.17) is 16.3 Å². The van der Waals surface area contributed by atoms with Crippen molar-refractivity contribution in [3.05, 3.63) is 28.3 Å². The minimum atomic E-state index is 0.164. The Hall–Kier alpha value is -0.730. The van der Waals surface area contributed by atoms with Crippen molar-refractivity contribution in [2.75, 3.05) is 13.2 Å². The molecule has 1 rings (SSSR count). The standard InChI is InChI=1S/C15H24ClNO/c1-11-9-12(2)14(13(16)10-11)18-8-6-7-17-15(3,4)5/h9-10,17H,6-8H2,1-5H3. The highest BCUT2D eigenvalue weighted by molar-refractivity contribution is 6.32. The molecule has 18 heavy (non-hydrogen) atoms. The molecule has 0 aromatic heterocycles. The summed E-state index contributed by atoms with van der Waals surface area (Å²) in [5.41, 5.74) is 2.43. The van der Waals surface area contributed by atoms with Crippen LogP contribution in [0.4, 0.5) is 0 Å². The summed E-state index contributed by atoms with van der Waals surface area (Å²) in [6.45, 7) is 12.2. The van der Waals surface area contributed by atoms with Crippen molar-refractivity contribution < 1.29 is 4.74 Å². The van der Waals surface area contributed by atoms with Crippen LogP contribution in [0.2, 0.25) is 5.02 Å². The van der Waals surface area contributed by atoms with Gasteiger partial charge in [0.25, 0.3) is 0 Å². The van der Waals surface area contributed by atoms with Crippen molar-refractivity contribution in [1.29, 1.82) is 0 Å². The molecule has 1 N–H and O–H groups in total. The van der Waals surface area contributed by atoms with Crippen LogP contribution in [0.25, 0.3) is 0 Å². The normalized spacial score (nSPS) is 11.7. The molecule has 0 saturated carbocycles. The first-order chi connectivity index (χ1) is 8.29. The first-order valence-corrected chi connectivity index (χ1v) is 6.82. The molecule has 0 bridgehead atoms. The Morgan fingerprint density at radius 3 is 2.44 bits per heavy atom. The summed E-state index contributed by atoms with van der Waals surface area (Å²) in [5, 5.41) is 4.14. The lowest BCUT2D eigenvalue weighted by Crippen LogP contribution is -2.36. The molecular weight excluding hydrogens is 246 g/mol. The summed E-state index contributed by atoms with van der Waals surface area (Å²) < 4.78 is 5.77. The van der Waals surface area contributed by atoms with E-state index in [0.717, 1.165) is 24.3 Å². The lowest BCUT2D eigenvalue weighted by atomic mass is 10.1. The second-order valence-electron chi connectivity index (χ2n) is 5.77. The number of hydrogen-bond donors (Lipinski definition) is 1. The van der Waals surface area contributed by atoms with Crippen molar-refractivity contribution in [3.63, 3.8) is 0 Å². The minimum absolute atomic E-state index is 0.164. The van der Waals surface area contributed by atoms with Crippen LogP contribution in [-0.4, -0.2) is 18.7 Å². The maximum Gasteiger partial charge on any atom is 0.140 e. The zero-order chi connectivity index (χ0) is 13.8. The highest BCUT2D eigenvalue weighted by Crippen LogP contribution is 2.29. The topological polar surface area (TPSA) is 21.3 Å². The van der Waals surface area contributed by atoms with Crippen LogP contribution in [0.3, 0.4) is 0 Å². The Morgan fingerprint density at radius 2 is 1.89 bits per heavy atom. The molecule has 0 spiro atoms. The van der Waals surface area contributed by atoms with E-state index in [-0.39, 0.29) is 5.54 Å². The van der Waals surface area contributed by atoms with Gasteiger partial charge < -0.3 is 10.1 Å². The van der Waals surface area contributed by atoms with Gasteiger partial charge in [0.15, 0.2) is 0 Å². The van der Waals surface area contributed by atoms with Gasteiger partial charge in [-0.15, -0.1) is 0 Å². The van der Waals surface area contributed by atoms with Crippen LogP contribution in [0.15, 0.2) is 12.1 Å². The number of nitrogens with one attached hydrogen (secondary N) is 1. The summed E-state index contributed by atoms with van der Waals surface area (Å²) in [5.74, 6) is 0.818. The van der Waals surface area contributed by atoms with E-state index in [1.54, 1.807) is 0 Å². The van der Waals surface area contributed by atoms with E-state index in [1.165, 1.54) is 5.56 Å². The van der Waals surface area contributed by atoms with Gasteiger partial charge in [0.1, 0.15) is 5.75 Å². The second kappa shape index (κ2) is 6.44. The van der Waals surface area contributed by atoms with Gasteiger partial charge >= 0.3 is 0 Å². The third kappa shape index (κ3) is 5.28. The average molecular weight is 270 g/mol. The molecule has 0 saturated heterocycles. The van der Waals surface area contributed by atoms with Gasteiger partial charge in [-0.25, -0.2) is 0 Å². The van der Waals surface area contributed by atoms with Crippen LogP contribution < -0.4 is 10.1 Å². The van der Waals surface area contributed by atoms with Gasteiger partial charge in [-0.2, -0.15) is 0 Å². The number of hydrogen-bond acceptors (Lipinski definition) is 2. The molecule has 1 aromatic rings. The van der Waals surface area contributed by atoms with Crippen molar-refractivity contribution in [2.45, 2.75) is 46.6 Å². The summed E-state index contributed by atoms with van der Waals surface area (Å²) in [6, 6.07) is 4.03. The Balaban J connectivity index is 2.41. The maximum absolute atomic E-state index is 6.18. The Bertz CT molecular complexity index is 373. The molecular formula is C15H24ClNO. The van der Waals surface area contributed by atoms with Crippen molar-refractivity contribution in [1.82, 2.24) is 5.32 Å². The Kier molecular flexibility index (Phi) is 5.48. The largest absolute Gasteiger partial charge is 0.492 e. The molecule has 0 amide bonds. The summed E-state index contributed by atoms with van der Waals surface area (Å²) in [7, 11) is 0. The third-order valence-corrected chi connectivity index (χ3v) is 2.88. The van der Waals surface area contributed by atoms with Crippen LogP contribution >= 0.6 is 11.6 Å². The highest BCUT2D eigenvalue weighted by atomic mass is 35.5. The predicted octanol–water partition coefficient (Wildman–Crippen LogP) is 4.11. The Morgan fingerprint density at radius 1 is 1.22 bits per heavy atom. The predicted molar refractivity (Wildman–Crippen MR) is 78.8 cm³/mol. The number of rotatable bonds is 5. The summed E-state index contributed by atoms with van der Waals surface area (Å²) >= 11 is 6.18. The monoisotopic (exact) mass is 269 g/mol. The van der Waals surface area contributed by atoms with Crippen LogP contribution in [0.5, 0.6) is 5.75 Å². The van der Waals surface area contributed by atoms with Gasteiger partial charge in [0.2, 0.25) is 0 Å². The zero-order valence-corrected chi connectivity index (χ0v) is 12.8. The molecule has 0 aliphatic carbocycles. The lowest BCUT2D eigenvalue weighted by Gasteiger charge is -2.20. The molecule has 102 valence electrons. The highest BCUT2D eigenvalue weighted by Gasteiger charge is 2.09. The van der Waals surface area contributed by atoms with Crippen LogP contribution in [0.1, 0.15) is 38.3 Å². The van der Waals surface area contributed by atoms with E-state index >= 15 is 0 Å². The van der Waals surface area contributed by atoms with E-state index in [2.05, 4.69) is 32.2 Å². The maximum atomic E-state index is 6.18. The molecule has 0 unspecified atom stereocenters. The molecule has 1 aromatic carbocycles. The van der Waals surface area contributed by atoms with Crippen molar-refractivity contribution in [2.24, 2.45) is 0 Å². The first-order valence-electron chi connectivity index (χ1n) is 6.44. The summed E-state index contributed by atoms with van der Waals surface area (Å²) in [6.07, 6.45) is 0.973. The first kappa shape index (κ1) is 15.3. The van der Waals surface area contributed by atoms with E-state index in [9.17, 15) is 0 Å². The molecule has 0 heterocycles. The summed E-state index contributed by atoms with van der Waals surface area (Å²) in [4.78, 5) is 0. The molecule has 2 nitrogen and oxygen atoms in total. The fraction of sp³-hybridized carbons (Fsp3) is 0.600. The molecule has 0 aliphatic rings. The fourth-order valence-electron chi connectivity index (χ4n) is 1.80. The van der Waals surface area contributed by atoms with Crippen LogP contribution in [-0.2, 0) is 0 Å². The fourth-order valence-corrected chi connectivity index (χ4v) is 2.17. The molecule has 0 atom stereocenters. The minimum Gasteiger partial charge on any atom is -0.492 e. The van der Waals surface area contributed by atoms with E-state index < -0.39 is 0 Å². The smallest absolute Gasteiger partial charge is 0.140 e. The molecule has 0 aliphatic heterocycles. The second-order valence-corrected chi connectivity index (χ2v) is 6.18. The van der Waals surface area contributed by atoms with Crippen molar-refractivity contribution in [3.8, 4) is 5.75 Å². The molecule has 0 fully saturated rings. The van der Waals surface area contributed by atoms with Gasteiger partial charge in [0.05, 0.1) is 11.6 Å². The average Bonchev–Trinajstić information content (AvgIpc) is 2.19. The van der Waals surface area contributed by atoms with Crippen LogP contribution in [0, 0.1) is 13.8 Å². The van der Waals surface area contributed by atoms with E-state index in [0.29, 0.717) is 11.6 Å². The van der Waals surface area contributed by atoms with Gasteiger partial charge in [-0.3, -0.25) is 0 Å². The van der Waals surface area contributed by atoms with Crippen molar-refractivity contribution >= 4 is 11.6 Å². The van der Waals surface area contributed by atoms with Gasteiger partial charge in [-0.1, -0.05) is 17.7 Å². The number of halogens is 1. The molecule has 3 heteroatoms. The third-order valence-electron chi connectivity index (χ3n) is 2.60. The molecule has 0 radical (unpaired) electrons. The Labute approximate surface area is 116 Å². The van der Waals surface area contributed by atoms with Gasteiger partial charge in [0, 0.05) is 5.54 Å². The number of ether oxygens (including phenoxy) is 1. The number of benzene rings is 1. The zero-order valence-electron chi connectivity index (χ0n) is 12.1. The number of aryl methyl sites for hydroxylation is 2.